The summed E-state index contributed by atoms with van der Waals surface area (Å²) in [7, 11) is 0. The first kappa shape index (κ1) is 30.9. The summed E-state index contributed by atoms with van der Waals surface area (Å²) in [6, 6.07) is 24.9. The minimum Gasteiger partial charge on any atom is -0.494 e. The molecular weight excluding hydrogens is 594 g/mol. The van der Waals surface area contributed by atoms with Crippen LogP contribution in [0.1, 0.15) is 18.1 Å². The van der Waals surface area contributed by atoms with Crippen molar-refractivity contribution < 1.29 is 29.0 Å². The summed E-state index contributed by atoms with van der Waals surface area (Å²) in [5.74, 6) is -1.98. The maximum atomic E-state index is 14.9. The van der Waals surface area contributed by atoms with Gasteiger partial charge in [-0.1, -0.05) is 85.0 Å². The van der Waals surface area contributed by atoms with Gasteiger partial charge in [0.25, 0.3) is 0 Å². The number of carbonyl (C=O) groups excluding carboxylic acids is 3. The number of hydrogen-bond acceptors (Lipinski definition) is 6. The number of fused-ring (bicyclic) bond motifs is 2. The van der Waals surface area contributed by atoms with Gasteiger partial charge in [-0.2, -0.15) is 0 Å². The number of rotatable bonds is 9. The molecule has 0 saturated carbocycles. The van der Waals surface area contributed by atoms with Crippen molar-refractivity contribution in [1.82, 2.24) is 9.80 Å². The first-order valence-electron chi connectivity index (χ1n) is 16.3. The van der Waals surface area contributed by atoms with E-state index in [1.54, 1.807) is 9.80 Å². The second kappa shape index (κ2) is 12.8. The maximum absolute atomic E-state index is 14.9. The van der Waals surface area contributed by atoms with Crippen molar-refractivity contribution in [2.45, 2.75) is 43.7 Å². The molecule has 3 amide bonds. The molecular formula is C38H39N3O6. The molecule has 0 bridgehead atoms. The van der Waals surface area contributed by atoms with Crippen LogP contribution in [0.25, 0.3) is 0 Å². The molecule has 4 aliphatic rings. The summed E-state index contributed by atoms with van der Waals surface area (Å²) in [6.07, 6.45) is 7.13. The lowest BCUT2D eigenvalue weighted by Crippen LogP contribution is -2.58. The third-order valence-electron chi connectivity index (χ3n) is 9.77. The number of hydrogen-bond donors (Lipinski definition) is 1. The first-order chi connectivity index (χ1) is 22.9. The lowest BCUT2D eigenvalue weighted by atomic mass is 9.77. The van der Waals surface area contributed by atoms with Gasteiger partial charge in [0.15, 0.2) is 0 Å². The molecule has 1 unspecified atom stereocenters. The van der Waals surface area contributed by atoms with Crippen molar-refractivity contribution in [2.24, 2.45) is 11.8 Å². The molecule has 0 radical (unpaired) electrons. The Morgan fingerprint density at radius 1 is 0.872 bits per heavy atom. The van der Waals surface area contributed by atoms with Crippen molar-refractivity contribution in [1.29, 1.82) is 0 Å². The van der Waals surface area contributed by atoms with E-state index in [0.717, 1.165) is 11.1 Å². The molecule has 47 heavy (non-hydrogen) atoms. The molecule has 3 aromatic carbocycles. The minimum atomic E-state index is -1.39. The van der Waals surface area contributed by atoms with Gasteiger partial charge in [0.05, 0.1) is 37.2 Å². The minimum absolute atomic E-state index is 0.241. The van der Waals surface area contributed by atoms with Gasteiger partial charge in [0, 0.05) is 25.3 Å². The summed E-state index contributed by atoms with van der Waals surface area (Å²) in [5.41, 5.74) is 1.18. The Bertz CT molecular complexity index is 1680. The largest absolute Gasteiger partial charge is 0.494 e. The summed E-state index contributed by atoms with van der Waals surface area (Å²) in [6.45, 7) is 3.08. The molecule has 4 aliphatic heterocycles. The van der Waals surface area contributed by atoms with Gasteiger partial charge < -0.3 is 29.3 Å². The molecule has 0 aromatic heterocycles. The van der Waals surface area contributed by atoms with Gasteiger partial charge in [-0.25, -0.2) is 0 Å². The van der Waals surface area contributed by atoms with E-state index in [1.807, 2.05) is 116 Å². The number of aliphatic hydroxyl groups excluding tert-OH is 1. The van der Waals surface area contributed by atoms with Crippen LogP contribution in [-0.4, -0.2) is 82.7 Å². The first-order valence-corrected chi connectivity index (χ1v) is 16.3. The zero-order valence-electron chi connectivity index (χ0n) is 26.4. The van der Waals surface area contributed by atoms with Gasteiger partial charge in [0.1, 0.15) is 17.4 Å². The maximum Gasteiger partial charge on any atom is 0.249 e. The highest BCUT2D eigenvalue weighted by atomic mass is 16.5. The monoisotopic (exact) mass is 633 g/mol. The second-order valence-corrected chi connectivity index (χ2v) is 12.5. The van der Waals surface area contributed by atoms with E-state index >= 15 is 0 Å². The third kappa shape index (κ3) is 5.43. The van der Waals surface area contributed by atoms with Crippen LogP contribution in [0.4, 0.5) is 5.69 Å². The lowest BCUT2D eigenvalue weighted by Gasteiger charge is -2.38. The second-order valence-electron chi connectivity index (χ2n) is 12.5. The zero-order valence-corrected chi connectivity index (χ0v) is 26.4. The van der Waals surface area contributed by atoms with E-state index in [9.17, 15) is 19.5 Å². The van der Waals surface area contributed by atoms with Gasteiger partial charge in [-0.05, 0) is 48.7 Å². The number of carbonyl (C=O) groups is 3. The summed E-state index contributed by atoms with van der Waals surface area (Å²) < 4.78 is 12.4. The van der Waals surface area contributed by atoms with Crippen molar-refractivity contribution >= 4 is 23.4 Å². The van der Waals surface area contributed by atoms with Crippen molar-refractivity contribution in [3.05, 3.63) is 120 Å². The molecule has 4 heterocycles. The number of amides is 3. The molecule has 3 aromatic rings. The van der Waals surface area contributed by atoms with E-state index in [-0.39, 0.29) is 24.3 Å². The lowest BCUT2D eigenvalue weighted by molar-refractivity contribution is -0.150. The highest BCUT2D eigenvalue weighted by molar-refractivity contribution is 6.04. The predicted octanol–water partition coefficient (Wildman–Crippen LogP) is 3.77. The predicted molar refractivity (Wildman–Crippen MR) is 176 cm³/mol. The Hall–Kier alpha value is -4.73. The fourth-order valence-electron chi connectivity index (χ4n) is 7.72. The van der Waals surface area contributed by atoms with Crippen LogP contribution in [-0.2, 0) is 32.1 Å². The number of nitrogens with zero attached hydrogens (tertiary/aromatic N) is 3. The summed E-state index contributed by atoms with van der Waals surface area (Å²) in [4.78, 5) is 49.1. The van der Waals surface area contributed by atoms with Gasteiger partial charge in [-0.3, -0.25) is 14.4 Å². The summed E-state index contributed by atoms with van der Waals surface area (Å²) >= 11 is 0. The highest BCUT2D eigenvalue weighted by Gasteiger charge is 2.72. The van der Waals surface area contributed by atoms with Crippen LogP contribution in [0.2, 0.25) is 0 Å². The SMILES string of the molecule is CCOc1ccc(N2CC=C[C@H]3O[C@]45C=CCN(Cc6ccccc6)C(=O)C4N([C@@H](CO)Cc4ccccc4)C(=O)[C@@H]5[C@H]3C2=O)cc1. The van der Waals surface area contributed by atoms with E-state index in [4.69, 9.17) is 9.47 Å². The van der Waals surface area contributed by atoms with E-state index in [0.29, 0.717) is 44.1 Å². The number of likely N-dealkylation sites (tertiary alicyclic amines) is 1. The average molecular weight is 634 g/mol. The van der Waals surface area contributed by atoms with Crippen LogP contribution >= 0.6 is 0 Å². The van der Waals surface area contributed by atoms with Crippen molar-refractivity contribution in [2.75, 3.05) is 31.2 Å². The van der Waals surface area contributed by atoms with Crippen LogP contribution in [0.5, 0.6) is 5.75 Å². The zero-order chi connectivity index (χ0) is 32.5. The molecule has 9 heteroatoms. The number of benzene rings is 3. The van der Waals surface area contributed by atoms with Crippen LogP contribution in [0.3, 0.4) is 0 Å². The van der Waals surface area contributed by atoms with Crippen LogP contribution in [0.15, 0.2) is 109 Å². The Morgan fingerprint density at radius 2 is 1.57 bits per heavy atom. The van der Waals surface area contributed by atoms with Crippen LogP contribution < -0.4 is 9.64 Å². The van der Waals surface area contributed by atoms with E-state index in [2.05, 4.69) is 0 Å². The van der Waals surface area contributed by atoms with Crippen molar-refractivity contribution in [3.63, 3.8) is 0 Å². The fraction of sp³-hybridized carbons (Fsp3) is 0.342. The molecule has 1 N–H and O–H groups in total. The van der Waals surface area contributed by atoms with Gasteiger partial charge in [-0.15, -0.1) is 0 Å². The van der Waals surface area contributed by atoms with Gasteiger partial charge in [0.2, 0.25) is 17.7 Å². The van der Waals surface area contributed by atoms with E-state index < -0.39 is 35.6 Å². The highest BCUT2D eigenvalue weighted by Crippen LogP contribution is 2.54. The molecule has 2 saturated heterocycles. The molecule has 6 atom stereocenters. The van der Waals surface area contributed by atoms with Gasteiger partial charge >= 0.3 is 0 Å². The summed E-state index contributed by atoms with van der Waals surface area (Å²) in [5, 5.41) is 10.8. The fourth-order valence-corrected chi connectivity index (χ4v) is 7.72. The third-order valence-corrected chi connectivity index (χ3v) is 9.77. The topological polar surface area (TPSA) is 99.6 Å². The number of aliphatic hydroxyl groups is 1. The standard InChI is InChI=1S/C38H39N3O6/c1-2-46-30-18-16-28(17-19-30)40-22-9-15-31-32(35(40)43)33-36(44)41(29(25-42)23-26-11-5-3-6-12-26)34-37(45)39(21-10-20-38(33,34)47-31)24-27-13-7-4-8-14-27/h3-20,29,31-34,42H,2,21-25H2,1H3/t29-,31-,32+,33+,34?,38+/m1/s1. The molecule has 242 valence electrons. The Kier molecular flexibility index (Phi) is 8.42. The Morgan fingerprint density at radius 3 is 2.26 bits per heavy atom. The smallest absolute Gasteiger partial charge is 0.249 e. The molecule has 1 spiro atoms. The van der Waals surface area contributed by atoms with Crippen LogP contribution in [0, 0.1) is 11.8 Å². The number of anilines is 1. The van der Waals surface area contributed by atoms with Crippen molar-refractivity contribution in [3.8, 4) is 5.75 Å². The average Bonchev–Trinajstić information content (AvgIpc) is 3.42. The normalized spacial score (nSPS) is 27.3. The Labute approximate surface area is 274 Å². The molecule has 7 rings (SSSR count). The molecule has 9 nitrogen and oxygen atoms in total. The molecule has 2 fully saturated rings. The Balaban J connectivity index is 1.29. The van der Waals surface area contributed by atoms with E-state index in [1.165, 1.54) is 4.90 Å². The number of ether oxygens (including phenoxy) is 2. The quantitative estimate of drug-likeness (QED) is 0.361. The molecule has 0 aliphatic carbocycles.